The van der Waals surface area contributed by atoms with Crippen LogP contribution in [0.2, 0.25) is 0 Å². The summed E-state index contributed by atoms with van der Waals surface area (Å²) in [7, 11) is 1.62. The standard InChI is InChI=1S/C12H15FN2O/c1-3-15(7-8-16-2)12-6-4-5-11(13)10(12)9-14/h4-6H,3,7-8H2,1-2H3. The fraction of sp³-hybridized carbons (Fsp3) is 0.417. The predicted molar refractivity (Wildman–Crippen MR) is 60.9 cm³/mol. The van der Waals surface area contributed by atoms with E-state index in [4.69, 9.17) is 10.00 Å². The summed E-state index contributed by atoms with van der Waals surface area (Å²) in [6.45, 7) is 3.86. The van der Waals surface area contributed by atoms with Crippen LogP contribution in [0.15, 0.2) is 18.2 Å². The summed E-state index contributed by atoms with van der Waals surface area (Å²) in [6.07, 6.45) is 0. The highest BCUT2D eigenvalue weighted by atomic mass is 19.1. The van der Waals surface area contributed by atoms with E-state index in [-0.39, 0.29) is 5.56 Å². The van der Waals surface area contributed by atoms with E-state index >= 15 is 0 Å². The van der Waals surface area contributed by atoms with Gasteiger partial charge in [0.05, 0.1) is 12.3 Å². The Bertz CT molecular complexity index is 387. The van der Waals surface area contributed by atoms with Gasteiger partial charge >= 0.3 is 0 Å². The Hall–Kier alpha value is -1.60. The van der Waals surface area contributed by atoms with Gasteiger partial charge in [-0.2, -0.15) is 5.26 Å². The summed E-state index contributed by atoms with van der Waals surface area (Å²) >= 11 is 0. The molecule has 0 aromatic heterocycles. The Labute approximate surface area is 95.1 Å². The van der Waals surface area contributed by atoms with Gasteiger partial charge in [0.2, 0.25) is 0 Å². The van der Waals surface area contributed by atoms with Crippen molar-refractivity contribution in [2.45, 2.75) is 6.92 Å². The molecule has 86 valence electrons. The van der Waals surface area contributed by atoms with Crippen LogP contribution in [0.25, 0.3) is 0 Å². The van der Waals surface area contributed by atoms with Crippen LogP contribution in [-0.4, -0.2) is 26.8 Å². The third-order valence-electron chi connectivity index (χ3n) is 2.39. The van der Waals surface area contributed by atoms with Crippen molar-refractivity contribution >= 4 is 5.69 Å². The van der Waals surface area contributed by atoms with Gasteiger partial charge in [0, 0.05) is 20.2 Å². The van der Waals surface area contributed by atoms with Crippen LogP contribution < -0.4 is 4.90 Å². The Morgan fingerprint density at radius 3 is 2.81 bits per heavy atom. The van der Waals surface area contributed by atoms with Crippen molar-refractivity contribution in [3.8, 4) is 6.07 Å². The SMILES string of the molecule is CCN(CCOC)c1cccc(F)c1C#N. The number of benzene rings is 1. The molecule has 0 saturated heterocycles. The van der Waals surface area contributed by atoms with Gasteiger partial charge in [-0.05, 0) is 19.1 Å². The number of nitriles is 1. The minimum absolute atomic E-state index is 0.0976. The molecule has 0 fully saturated rings. The van der Waals surface area contributed by atoms with Gasteiger partial charge < -0.3 is 9.64 Å². The third-order valence-corrected chi connectivity index (χ3v) is 2.39. The molecule has 0 unspecified atom stereocenters. The Morgan fingerprint density at radius 1 is 1.50 bits per heavy atom. The second kappa shape index (κ2) is 6.09. The molecule has 0 bridgehead atoms. The monoisotopic (exact) mass is 222 g/mol. The quantitative estimate of drug-likeness (QED) is 0.766. The van der Waals surface area contributed by atoms with E-state index in [0.29, 0.717) is 25.4 Å². The smallest absolute Gasteiger partial charge is 0.143 e. The molecule has 4 heteroatoms. The molecule has 0 radical (unpaired) electrons. The summed E-state index contributed by atoms with van der Waals surface area (Å²) in [4.78, 5) is 1.92. The molecule has 0 saturated carbocycles. The number of methoxy groups -OCH3 is 1. The van der Waals surface area contributed by atoms with E-state index in [9.17, 15) is 4.39 Å². The van der Waals surface area contributed by atoms with Gasteiger partial charge in [-0.1, -0.05) is 6.07 Å². The molecule has 0 N–H and O–H groups in total. The summed E-state index contributed by atoms with van der Waals surface area (Å²) < 4.78 is 18.4. The number of likely N-dealkylation sites (N-methyl/N-ethyl adjacent to an activating group) is 1. The molecule has 16 heavy (non-hydrogen) atoms. The maximum atomic E-state index is 13.4. The van der Waals surface area contributed by atoms with Crippen molar-refractivity contribution in [3.63, 3.8) is 0 Å². The first kappa shape index (κ1) is 12.5. The zero-order valence-corrected chi connectivity index (χ0v) is 9.53. The molecule has 1 aromatic rings. The number of hydrogen-bond donors (Lipinski definition) is 0. The molecule has 0 amide bonds. The Kier molecular flexibility index (Phi) is 4.74. The van der Waals surface area contributed by atoms with E-state index in [1.165, 1.54) is 6.07 Å². The molecule has 0 aliphatic rings. The number of nitrogens with zero attached hydrogens (tertiary/aromatic N) is 2. The molecular weight excluding hydrogens is 207 g/mol. The summed E-state index contributed by atoms with van der Waals surface area (Å²) in [5.74, 6) is -0.476. The van der Waals surface area contributed by atoms with Crippen LogP contribution in [0.1, 0.15) is 12.5 Å². The summed E-state index contributed by atoms with van der Waals surface area (Å²) in [5.41, 5.74) is 0.725. The lowest BCUT2D eigenvalue weighted by Crippen LogP contribution is -2.27. The minimum atomic E-state index is -0.476. The zero-order valence-electron chi connectivity index (χ0n) is 9.53. The maximum absolute atomic E-state index is 13.4. The Morgan fingerprint density at radius 2 is 2.25 bits per heavy atom. The Balaban J connectivity index is 3.00. The van der Waals surface area contributed by atoms with E-state index in [1.54, 1.807) is 19.2 Å². The third kappa shape index (κ3) is 2.71. The number of halogens is 1. The van der Waals surface area contributed by atoms with Crippen LogP contribution >= 0.6 is 0 Å². The molecule has 0 aliphatic heterocycles. The lowest BCUT2D eigenvalue weighted by atomic mass is 10.1. The predicted octanol–water partition coefficient (Wildman–Crippen LogP) is 2.17. The van der Waals surface area contributed by atoms with Crippen LogP contribution in [-0.2, 0) is 4.74 Å². The van der Waals surface area contributed by atoms with Gasteiger partial charge in [0.15, 0.2) is 0 Å². The average molecular weight is 222 g/mol. The van der Waals surface area contributed by atoms with Crippen molar-refractivity contribution in [2.75, 3.05) is 31.7 Å². The number of anilines is 1. The van der Waals surface area contributed by atoms with Crippen molar-refractivity contribution in [1.29, 1.82) is 5.26 Å². The molecule has 0 atom stereocenters. The first-order valence-electron chi connectivity index (χ1n) is 5.17. The fourth-order valence-electron chi connectivity index (χ4n) is 1.54. The molecule has 3 nitrogen and oxygen atoms in total. The molecule has 0 spiro atoms. The highest BCUT2D eigenvalue weighted by Gasteiger charge is 2.12. The topological polar surface area (TPSA) is 36.3 Å². The zero-order chi connectivity index (χ0) is 12.0. The maximum Gasteiger partial charge on any atom is 0.143 e. The van der Waals surface area contributed by atoms with E-state index in [1.807, 2.05) is 17.9 Å². The molecule has 1 aromatic carbocycles. The van der Waals surface area contributed by atoms with Gasteiger partial charge in [-0.3, -0.25) is 0 Å². The van der Waals surface area contributed by atoms with E-state index < -0.39 is 5.82 Å². The van der Waals surface area contributed by atoms with Crippen molar-refractivity contribution in [1.82, 2.24) is 0 Å². The van der Waals surface area contributed by atoms with Crippen molar-refractivity contribution < 1.29 is 9.13 Å². The van der Waals surface area contributed by atoms with Gasteiger partial charge in [0.1, 0.15) is 17.4 Å². The highest BCUT2D eigenvalue weighted by molar-refractivity contribution is 5.59. The van der Waals surface area contributed by atoms with Gasteiger partial charge in [0.25, 0.3) is 0 Å². The van der Waals surface area contributed by atoms with E-state index in [0.717, 1.165) is 0 Å². The second-order valence-corrected chi connectivity index (χ2v) is 3.32. The second-order valence-electron chi connectivity index (χ2n) is 3.32. The van der Waals surface area contributed by atoms with E-state index in [2.05, 4.69) is 0 Å². The fourth-order valence-corrected chi connectivity index (χ4v) is 1.54. The average Bonchev–Trinajstić information content (AvgIpc) is 2.30. The van der Waals surface area contributed by atoms with Gasteiger partial charge in [-0.15, -0.1) is 0 Å². The molecule has 0 heterocycles. The van der Waals surface area contributed by atoms with Crippen molar-refractivity contribution in [2.24, 2.45) is 0 Å². The number of ether oxygens (including phenoxy) is 1. The minimum Gasteiger partial charge on any atom is -0.383 e. The van der Waals surface area contributed by atoms with Crippen molar-refractivity contribution in [3.05, 3.63) is 29.6 Å². The lowest BCUT2D eigenvalue weighted by Gasteiger charge is -2.23. The number of rotatable bonds is 5. The molecule has 0 aliphatic carbocycles. The normalized spacial score (nSPS) is 9.88. The lowest BCUT2D eigenvalue weighted by molar-refractivity contribution is 0.205. The first-order valence-corrected chi connectivity index (χ1v) is 5.17. The van der Waals surface area contributed by atoms with Crippen LogP contribution in [0, 0.1) is 17.1 Å². The van der Waals surface area contributed by atoms with Crippen LogP contribution in [0.4, 0.5) is 10.1 Å². The van der Waals surface area contributed by atoms with Crippen LogP contribution in [0.5, 0.6) is 0 Å². The molecular formula is C12H15FN2O. The summed E-state index contributed by atoms with van der Waals surface area (Å²) in [6, 6.07) is 6.56. The molecule has 1 rings (SSSR count). The largest absolute Gasteiger partial charge is 0.383 e. The summed E-state index contributed by atoms with van der Waals surface area (Å²) in [5, 5.41) is 8.92. The highest BCUT2D eigenvalue weighted by Crippen LogP contribution is 2.21. The van der Waals surface area contributed by atoms with Gasteiger partial charge in [-0.25, -0.2) is 4.39 Å². The van der Waals surface area contributed by atoms with Crippen LogP contribution in [0.3, 0.4) is 0 Å². The first-order chi connectivity index (χ1) is 7.74. The number of hydrogen-bond acceptors (Lipinski definition) is 3.